The molecule has 2 amide bonds. The summed E-state index contributed by atoms with van der Waals surface area (Å²) in [5.41, 5.74) is 2.04. The number of hydrogen-bond acceptors (Lipinski definition) is 3. The summed E-state index contributed by atoms with van der Waals surface area (Å²) in [4.78, 5) is 14.6. The highest BCUT2D eigenvalue weighted by atomic mass is 16.3. The highest BCUT2D eigenvalue weighted by Crippen LogP contribution is 2.14. The average molecular weight is 333 g/mol. The maximum Gasteiger partial charge on any atom is 0.319 e. The van der Waals surface area contributed by atoms with Crippen LogP contribution in [0.15, 0.2) is 24.3 Å². The molecule has 1 fully saturated rings. The Morgan fingerprint density at radius 1 is 1.29 bits per heavy atom. The van der Waals surface area contributed by atoms with Crippen molar-refractivity contribution in [2.24, 2.45) is 5.92 Å². The molecular weight excluding hydrogens is 302 g/mol. The smallest absolute Gasteiger partial charge is 0.319 e. The summed E-state index contributed by atoms with van der Waals surface area (Å²) < 4.78 is 0. The normalized spacial score (nSPS) is 16.3. The Morgan fingerprint density at radius 2 is 2.04 bits per heavy atom. The maximum atomic E-state index is 12.1. The van der Waals surface area contributed by atoms with Crippen LogP contribution in [0, 0.1) is 5.92 Å². The monoisotopic (exact) mass is 333 g/mol. The molecule has 1 aliphatic heterocycles. The summed E-state index contributed by atoms with van der Waals surface area (Å²) in [6.07, 6.45) is 4.39. The number of benzene rings is 1. The van der Waals surface area contributed by atoms with Crippen molar-refractivity contribution in [1.82, 2.24) is 10.2 Å². The summed E-state index contributed by atoms with van der Waals surface area (Å²) in [6.45, 7) is 7.60. The van der Waals surface area contributed by atoms with Gasteiger partial charge in [0.1, 0.15) is 0 Å². The molecule has 1 unspecified atom stereocenters. The number of aliphatic hydroxyl groups is 1. The number of likely N-dealkylation sites (tertiary alicyclic amines) is 1. The van der Waals surface area contributed by atoms with Gasteiger partial charge in [-0.2, -0.15) is 0 Å². The summed E-state index contributed by atoms with van der Waals surface area (Å²) >= 11 is 0. The largest absolute Gasteiger partial charge is 0.394 e. The van der Waals surface area contributed by atoms with Crippen molar-refractivity contribution in [3.05, 3.63) is 29.8 Å². The first-order valence-electron chi connectivity index (χ1n) is 9.06. The molecule has 134 valence electrons. The summed E-state index contributed by atoms with van der Waals surface area (Å²) in [7, 11) is 0. The van der Waals surface area contributed by atoms with E-state index in [2.05, 4.69) is 35.4 Å². The average Bonchev–Trinajstić information content (AvgIpc) is 3.05. The molecule has 0 spiro atoms. The minimum absolute atomic E-state index is 0.0402. The van der Waals surface area contributed by atoms with Crippen molar-refractivity contribution in [2.75, 3.05) is 31.6 Å². The van der Waals surface area contributed by atoms with Gasteiger partial charge >= 0.3 is 6.03 Å². The van der Waals surface area contributed by atoms with Gasteiger partial charge in [-0.15, -0.1) is 0 Å². The minimum atomic E-state index is -0.258. The Bertz CT molecular complexity index is 513. The number of urea groups is 1. The number of anilines is 1. The van der Waals surface area contributed by atoms with Crippen LogP contribution in [0.25, 0.3) is 0 Å². The van der Waals surface area contributed by atoms with E-state index in [-0.39, 0.29) is 18.7 Å². The number of carbonyl (C=O) groups is 1. The van der Waals surface area contributed by atoms with Crippen LogP contribution < -0.4 is 10.6 Å². The molecule has 0 bridgehead atoms. The molecule has 1 aromatic rings. The first-order valence-corrected chi connectivity index (χ1v) is 9.06. The maximum absolute atomic E-state index is 12.1. The number of nitrogens with zero attached hydrogens (tertiary/aromatic N) is 1. The van der Waals surface area contributed by atoms with Crippen molar-refractivity contribution >= 4 is 11.7 Å². The van der Waals surface area contributed by atoms with Crippen LogP contribution in [0.5, 0.6) is 0 Å². The lowest BCUT2D eigenvalue weighted by Gasteiger charge is -2.19. The molecule has 1 aromatic carbocycles. The van der Waals surface area contributed by atoms with E-state index < -0.39 is 0 Å². The predicted molar refractivity (Wildman–Crippen MR) is 98.3 cm³/mol. The molecule has 2 rings (SSSR count). The van der Waals surface area contributed by atoms with Gasteiger partial charge in [-0.1, -0.05) is 26.0 Å². The summed E-state index contributed by atoms with van der Waals surface area (Å²) in [6, 6.07) is 7.55. The zero-order valence-corrected chi connectivity index (χ0v) is 14.9. The van der Waals surface area contributed by atoms with E-state index in [1.807, 2.05) is 18.2 Å². The number of aliphatic hydroxyl groups excluding tert-OH is 1. The Balaban J connectivity index is 1.82. The second kappa shape index (κ2) is 9.64. The number of carbonyl (C=O) groups excluding carboxylic acids is 1. The first kappa shape index (κ1) is 18.7. The van der Waals surface area contributed by atoms with Crippen molar-refractivity contribution in [3.8, 4) is 0 Å². The molecule has 1 saturated heterocycles. The molecule has 0 aromatic heterocycles. The third-order valence-electron chi connectivity index (χ3n) is 4.41. The van der Waals surface area contributed by atoms with Gasteiger partial charge < -0.3 is 20.6 Å². The lowest BCUT2D eigenvalue weighted by Crippen LogP contribution is -2.40. The minimum Gasteiger partial charge on any atom is -0.394 e. The lowest BCUT2D eigenvalue weighted by atomic mass is 10.0. The Hall–Kier alpha value is -1.59. The van der Waals surface area contributed by atoms with Crippen LogP contribution in [-0.2, 0) is 6.42 Å². The molecule has 1 heterocycles. The second-order valence-corrected chi connectivity index (χ2v) is 7.11. The van der Waals surface area contributed by atoms with E-state index in [1.54, 1.807) is 0 Å². The molecule has 1 atom stereocenters. The molecular formula is C19H31N3O2. The zero-order valence-electron chi connectivity index (χ0n) is 14.9. The molecule has 3 N–H and O–H groups in total. The fourth-order valence-corrected chi connectivity index (χ4v) is 3.20. The molecule has 0 radical (unpaired) electrons. The van der Waals surface area contributed by atoms with E-state index in [1.165, 1.54) is 31.5 Å². The highest BCUT2D eigenvalue weighted by Gasteiger charge is 2.14. The van der Waals surface area contributed by atoms with E-state index in [0.29, 0.717) is 5.92 Å². The molecule has 0 aliphatic carbocycles. The van der Waals surface area contributed by atoms with Gasteiger partial charge in [0.05, 0.1) is 12.6 Å². The van der Waals surface area contributed by atoms with Crippen molar-refractivity contribution in [3.63, 3.8) is 0 Å². The van der Waals surface area contributed by atoms with Crippen LogP contribution in [-0.4, -0.2) is 48.3 Å². The highest BCUT2D eigenvalue weighted by molar-refractivity contribution is 5.89. The number of nitrogens with one attached hydrogen (secondary N) is 2. The summed E-state index contributed by atoms with van der Waals surface area (Å²) in [5, 5.41) is 15.1. The van der Waals surface area contributed by atoms with Crippen molar-refractivity contribution in [2.45, 2.75) is 45.6 Å². The first-order chi connectivity index (χ1) is 11.6. The van der Waals surface area contributed by atoms with E-state index in [9.17, 15) is 9.90 Å². The Kier molecular flexibility index (Phi) is 7.53. The van der Waals surface area contributed by atoms with Crippen molar-refractivity contribution < 1.29 is 9.90 Å². The van der Waals surface area contributed by atoms with Gasteiger partial charge in [-0.3, -0.25) is 0 Å². The molecule has 5 heteroatoms. The van der Waals surface area contributed by atoms with Gasteiger partial charge in [-0.25, -0.2) is 4.79 Å². The predicted octanol–water partition coefficient (Wildman–Crippen LogP) is 2.85. The fourth-order valence-electron chi connectivity index (χ4n) is 3.20. The number of amides is 2. The quantitative estimate of drug-likeness (QED) is 0.685. The number of rotatable bonds is 8. The lowest BCUT2D eigenvalue weighted by molar-refractivity contribution is 0.214. The van der Waals surface area contributed by atoms with Crippen LogP contribution >= 0.6 is 0 Å². The van der Waals surface area contributed by atoms with E-state index >= 15 is 0 Å². The third kappa shape index (κ3) is 6.49. The molecule has 1 aliphatic rings. The number of hydrogen-bond donors (Lipinski definition) is 3. The van der Waals surface area contributed by atoms with Crippen LogP contribution in [0.2, 0.25) is 0 Å². The SMILES string of the molecule is CC(C)CC(CO)NC(=O)Nc1cccc(CCN2CCCC2)c1. The molecule has 5 nitrogen and oxygen atoms in total. The van der Waals surface area contributed by atoms with Crippen molar-refractivity contribution in [1.29, 1.82) is 0 Å². The topological polar surface area (TPSA) is 64.6 Å². The summed E-state index contributed by atoms with van der Waals surface area (Å²) in [5.74, 6) is 0.427. The van der Waals surface area contributed by atoms with Crippen LogP contribution in [0.4, 0.5) is 10.5 Å². The van der Waals surface area contributed by atoms with Gasteiger partial charge in [0.2, 0.25) is 0 Å². The van der Waals surface area contributed by atoms with Gasteiger partial charge in [0.25, 0.3) is 0 Å². The molecule has 24 heavy (non-hydrogen) atoms. The fraction of sp³-hybridized carbons (Fsp3) is 0.632. The molecule has 0 saturated carbocycles. The van der Waals surface area contributed by atoms with E-state index in [4.69, 9.17) is 0 Å². The second-order valence-electron chi connectivity index (χ2n) is 7.11. The Morgan fingerprint density at radius 3 is 2.71 bits per heavy atom. The van der Waals surface area contributed by atoms with Gasteiger partial charge in [0.15, 0.2) is 0 Å². The zero-order chi connectivity index (χ0) is 17.4. The Labute approximate surface area is 145 Å². The van der Waals surface area contributed by atoms with E-state index in [0.717, 1.165) is 25.1 Å². The van der Waals surface area contributed by atoms with Gasteiger partial charge in [-0.05, 0) is 62.4 Å². The van der Waals surface area contributed by atoms with Gasteiger partial charge in [0, 0.05) is 12.2 Å². The third-order valence-corrected chi connectivity index (χ3v) is 4.41. The van der Waals surface area contributed by atoms with Crippen LogP contribution in [0.1, 0.15) is 38.7 Å². The standard InChI is InChI=1S/C19H31N3O2/c1-15(2)12-18(14-23)21-19(24)20-17-7-5-6-16(13-17)8-11-22-9-3-4-10-22/h5-7,13,15,18,23H,3-4,8-12,14H2,1-2H3,(H2,20,21,24). The van der Waals surface area contributed by atoms with Crippen LogP contribution in [0.3, 0.4) is 0 Å².